The van der Waals surface area contributed by atoms with Gasteiger partial charge in [-0.1, -0.05) is 30.3 Å². The van der Waals surface area contributed by atoms with E-state index < -0.39 is 0 Å². The number of carbonyl (C=O) groups is 2. The fraction of sp³-hybridized carbons (Fsp3) is 0.333. The summed E-state index contributed by atoms with van der Waals surface area (Å²) >= 11 is 1.53. The Morgan fingerprint density at radius 2 is 1.96 bits per heavy atom. The first-order chi connectivity index (χ1) is 13.0. The van der Waals surface area contributed by atoms with Crippen LogP contribution in [0.5, 0.6) is 0 Å². The monoisotopic (exact) mass is 383 g/mol. The van der Waals surface area contributed by atoms with Gasteiger partial charge >= 0.3 is 0 Å². The van der Waals surface area contributed by atoms with E-state index in [2.05, 4.69) is 10.2 Å². The van der Waals surface area contributed by atoms with Gasteiger partial charge in [-0.05, 0) is 50.8 Å². The van der Waals surface area contributed by atoms with Crippen molar-refractivity contribution in [2.45, 2.75) is 17.9 Å². The zero-order valence-corrected chi connectivity index (χ0v) is 16.6. The number of nitrogens with zero attached hydrogens (tertiary/aromatic N) is 2. The van der Waals surface area contributed by atoms with Crippen LogP contribution in [0.4, 0.5) is 5.69 Å². The summed E-state index contributed by atoms with van der Waals surface area (Å²) in [4.78, 5) is 29.9. The van der Waals surface area contributed by atoms with E-state index in [1.807, 2.05) is 62.6 Å². The molecule has 0 saturated carbocycles. The summed E-state index contributed by atoms with van der Waals surface area (Å²) in [6.45, 7) is 2.08. The van der Waals surface area contributed by atoms with Crippen LogP contribution in [0, 0.1) is 0 Å². The van der Waals surface area contributed by atoms with E-state index in [-0.39, 0.29) is 11.8 Å². The van der Waals surface area contributed by atoms with Gasteiger partial charge in [-0.25, -0.2) is 0 Å². The molecule has 1 N–H and O–H groups in total. The molecule has 2 aromatic carbocycles. The molecule has 0 atom stereocenters. The maximum Gasteiger partial charge on any atom is 0.251 e. The number of hydrogen-bond donors (Lipinski definition) is 1. The molecule has 0 fully saturated rings. The van der Waals surface area contributed by atoms with Crippen molar-refractivity contribution in [1.29, 1.82) is 0 Å². The van der Waals surface area contributed by atoms with Crippen molar-refractivity contribution in [3.05, 3.63) is 59.7 Å². The highest BCUT2D eigenvalue weighted by molar-refractivity contribution is 8.00. The molecule has 0 aliphatic carbocycles. The summed E-state index contributed by atoms with van der Waals surface area (Å²) in [7, 11) is 4.03. The van der Waals surface area contributed by atoms with E-state index in [0.717, 1.165) is 29.1 Å². The molecule has 0 unspecified atom stereocenters. The van der Waals surface area contributed by atoms with Crippen LogP contribution in [0.2, 0.25) is 0 Å². The zero-order valence-electron chi connectivity index (χ0n) is 15.8. The van der Waals surface area contributed by atoms with Crippen LogP contribution in [-0.4, -0.2) is 49.7 Å². The van der Waals surface area contributed by atoms with Crippen LogP contribution in [0.25, 0.3) is 0 Å². The third-order valence-electron chi connectivity index (χ3n) is 4.42. The summed E-state index contributed by atoms with van der Waals surface area (Å²) in [5.41, 5.74) is 2.48. The van der Waals surface area contributed by atoms with E-state index in [9.17, 15) is 9.59 Å². The third-order valence-corrected chi connectivity index (χ3v) is 5.46. The summed E-state index contributed by atoms with van der Waals surface area (Å²) in [6, 6.07) is 15.5. The molecule has 0 bridgehead atoms. The van der Waals surface area contributed by atoms with E-state index in [0.29, 0.717) is 24.4 Å². The Hall–Kier alpha value is -2.31. The number of nitrogens with one attached hydrogen (secondary N) is 1. The Morgan fingerprint density at radius 1 is 1.19 bits per heavy atom. The average molecular weight is 384 g/mol. The van der Waals surface area contributed by atoms with E-state index in [1.54, 1.807) is 4.90 Å². The number of benzene rings is 2. The highest BCUT2D eigenvalue weighted by Crippen LogP contribution is 2.36. The van der Waals surface area contributed by atoms with Gasteiger partial charge in [-0.3, -0.25) is 9.59 Å². The van der Waals surface area contributed by atoms with Gasteiger partial charge in [-0.15, -0.1) is 11.8 Å². The van der Waals surface area contributed by atoms with Gasteiger partial charge in [0.25, 0.3) is 5.91 Å². The number of thioether (sulfide) groups is 1. The molecule has 142 valence electrons. The second-order valence-electron chi connectivity index (χ2n) is 6.85. The van der Waals surface area contributed by atoms with Gasteiger partial charge in [0, 0.05) is 17.0 Å². The van der Waals surface area contributed by atoms with Crippen molar-refractivity contribution >= 4 is 29.3 Å². The van der Waals surface area contributed by atoms with Crippen molar-refractivity contribution in [2.75, 3.05) is 37.8 Å². The molecule has 2 aromatic rings. The molecule has 0 saturated heterocycles. The Kier molecular flexibility index (Phi) is 6.53. The fourth-order valence-electron chi connectivity index (χ4n) is 2.98. The summed E-state index contributed by atoms with van der Waals surface area (Å²) in [6.07, 6.45) is 0.901. The van der Waals surface area contributed by atoms with Crippen molar-refractivity contribution in [3.8, 4) is 0 Å². The number of hydrogen-bond acceptors (Lipinski definition) is 4. The lowest BCUT2D eigenvalue weighted by atomic mass is 10.1. The summed E-state index contributed by atoms with van der Waals surface area (Å²) < 4.78 is 0. The van der Waals surface area contributed by atoms with Gasteiger partial charge in [-0.2, -0.15) is 0 Å². The topological polar surface area (TPSA) is 52.7 Å². The van der Waals surface area contributed by atoms with Gasteiger partial charge < -0.3 is 15.1 Å². The predicted molar refractivity (Wildman–Crippen MR) is 110 cm³/mol. The SMILES string of the molecule is CN(C)CCCNC(=O)c1ccc2c(c1)N(Cc1ccccc1)C(=O)CS2. The van der Waals surface area contributed by atoms with Crippen molar-refractivity contribution in [2.24, 2.45) is 0 Å². The molecule has 0 aromatic heterocycles. The Balaban J connectivity index is 1.75. The van der Waals surface area contributed by atoms with Crippen molar-refractivity contribution < 1.29 is 9.59 Å². The minimum Gasteiger partial charge on any atom is -0.352 e. The Bertz CT molecular complexity index is 808. The van der Waals surface area contributed by atoms with E-state index >= 15 is 0 Å². The maximum atomic E-state index is 12.5. The molecule has 1 aliphatic rings. The number of fused-ring (bicyclic) bond motifs is 1. The third kappa shape index (κ3) is 5.11. The largest absolute Gasteiger partial charge is 0.352 e. The predicted octanol–water partition coefficient (Wildman–Crippen LogP) is 3.01. The molecule has 27 heavy (non-hydrogen) atoms. The first-order valence-electron chi connectivity index (χ1n) is 9.08. The van der Waals surface area contributed by atoms with Crippen molar-refractivity contribution in [3.63, 3.8) is 0 Å². The molecule has 6 heteroatoms. The molecular weight excluding hydrogens is 358 g/mol. The molecule has 2 amide bonds. The lowest BCUT2D eigenvalue weighted by Crippen LogP contribution is -2.35. The average Bonchev–Trinajstić information content (AvgIpc) is 2.67. The Morgan fingerprint density at radius 3 is 2.70 bits per heavy atom. The van der Waals surface area contributed by atoms with E-state index in [1.165, 1.54) is 11.8 Å². The van der Waals surface area contributed by atoms with Crippen LogP contribution in [-0.2, 0) is 11.3 Å². The molecule has 3 rings (SSSR count). The number of amides is 2. The highest BCUT2D eigenvalue weighted by Gasteiger charge is 2.25. The smallest absolute Gasteiger partial charge is 0.251 e. The quantitative estimate of drug-likeness (QED) is 0.747. The molecule has 0 radical (unpaired) electrons. The Labute approximate surface area is 164 Å². The minimum atomic E-state index is -0.0979. The first-order valence-corrected chi connectivity index (χ1v) is 10.1. The number of anilines is 1. The second-order valence-corrected chi connectivity index (χ2v) is 7.87. The van der Waals surface area contributed by atoms with Gasteiger partial charge in [0.2, 0.25) is 5.91 Å². The van der Waals surface area contributed by atoms with Crippen LogP contribution in [0.3, 0.4) is 0 Å². The normalized spacial score (nSPS) is 13.6. The number of carbonyl (C=O) groups excluding carboxylic acids is 2. The van der Waals surface area contributed by atoms with Crippen LogP contribution in [0.1, 0.15) is 22.3 Å². The second kappa shape index (κ2) is 9.06. The van der Waals surface area contributed by atoms with E-state index in [4.69, 9.17) is 0 Å². The maximum absolute atomic E-state index is 12.5. The number of rotatable bonds is 7. The van der Waals surface area contributed by atoms with Crippen LogP contribution in [0.15, 0.2) is 53.4 Å². The van der Waals surface area contributed by atoms with Crippen molar-refractivity contribution in [1.82, 2.24) is 10.2 Å². The van der Waals surface area contributed by atoms with Gasteiger partial charge in [0.1, 0.15) is 0 Å². The molecule has 0 spiro atoms. The summed E-state index contributed by atoms with van der Waals surface area (Å²) in [5.74, 6) is 0.398. The molecule has 1 heterocycles. The summed E-state index contributed by atoms with van der Waals surface area (Å²) in [5, 5.41) is 2.96. The van der Waals surface area contributed by atoms with Crippen LogP contribution >= 0.6 is 11.8 Å². The van der Waals surface area contributed by atoms with Gasteiger partial charge in [0.15, 0.2) is 0 Å². The van der Waals surface area contributed by atoms with Crippen LogP contribution < -0.4 is 10.2 Å². The molecular formula is C21H25N3O2S. The highest BCUT2D eigenvalue weighted by atomic mass is 32.2. The first kappa shape index (κ1) is 19.5. The standard InChI is InChI=1S/C21H25N3O2S/c1-23(2)12-6-11-22-21(26)17-9-10-19-18(13-17)24(20(25)15-27-19)14-16-7-4-3-5-8-16/h3-5,7-10,13H,6,11-12,14-15H2,1-2H3,(H,22,26). The lowest BCUT2D eigenvalue weighted by molar-refractivity contribution is -0.116. The zero-order chi connectivity index (χ0) is 19.2. The lowest BCUT2D eigenvalue weighted by Gasteiger charge is -2.29. The minimum absolute atomic E-state index is 0.0693. The molecule has 1 aliphatic heterocycles. The van der Waals surface area contributed by atoms with Gasteiger partial charge in [0.05, 0.1) is 18.0 Å². The fourth-order valence-corrected chi connectivity index (χ4v) is 3.90. The molecule has 5 nitrogen and oxygen atoms in total.